The van der Waals surface area contributed by atoms with Gasteiger partial charge in [0.1, 0.15) is 11.5 Å². The molecular formula is C21H20N4O3S. The van der Waals surface area contributed by atoms with E-state index in [0.29, 0.717) is 34.0 Å². The number of nitrogens with one attached hydrogen (secondary N) is 1. The Labute approximate surface area is 173 Å². The molecule has 0 fully saturated rings. The molecule has 0 amide bonds. The number of hydrogen-bond donors (Lipinski definition) is 1. The molecular weight excluding hydrogens is 388 g/mol. The van der Waals surface area contributed by atoms with Gasteiger partial charge < -0.3 is 19.5 Å². The van der Waals surface area contributed by atoms with E-state index in [2.05, 4.69) is 27.1 Å². The number of thioether (sulfide) groups is 1. The molecule has 4 rings (SSSR count). The second-order valence-corrected chi connectivity index (χ2v) is 7.13. The van der Waals surface area contributed by atoms with Crippen molar-refractivity contribution >= 4 is 17.4 Å². The Morgan fingerprint density at radius 3 is 2.83 bits per heavy atom. The number of fused-ring (bicyclic) bond motifs is 3. The van der Waals surface area contributed by atoms with Crippen LogP contribution in [0.5, 0.6) is 17.4 Å². The maximum atomic E-state index is 6.29. The van der Waals surface area contributed by atoms with Crippen LogP contribution in [-0.4, -0.2) is 35.2 Å². The van der Waals surface area contributed by atoms with E-state index in [9.17, 15) is 0 Å². The van der Waals surface area contributed by atoms with E-state index in [1.165, 1.54) is 11.8 Å². The van der Waals surface area contributed by atoms with E-state index in [4.69, 9.17) is 14.2 Å². The monoisotopic (exact) mass is 408 g/mol. The summed E-state index contributed by atoms with van der Waals surface area (Å²) in [6.45, 7) is 3.73. The molecule has 8 heteroatoms. The first kappa shape index (κ1) is 19.1. The van der Waals surface area contributed by atoms with Crippen molar-refractivity contribution in [2.75, 3.05) is 25.3 Å². The molecule has 0 radical (unpaired) electrons. The fourth-order valence-electron chi connectivity index (χ4n) is 3.03. The zero-order chi connectivity index (χ0) is 20.2. The first-order valence-corrected chi connectivity index (χ1v) is 9.95. The summed E-state index contributed by atoms with van der Waals surface area (Å²) in [6, 6.07) is 13.4. The first-order chi connectivity index (χ1) is 14.2. The van der Waals surface area contributed by atoms with Crippen LogP contribution in [0.15, 0.2) is 60.3 Å². The minimum atomic E-state index is -0.559. The second kappa shape index (κ2) is 8.40. The molecule has 148 valence electrons. The summed E-state index contributed by atoms with van der Waals surface area (Å²) in [7, 11) is 3.25. The molecule has 1 N–H and O–H groups in total. The van der Waals surface area contributed by atoms with Crippen molar-refractivity contribution in [3.63, 3.8) is 0 Å². The third-order valence-corrected chi connectivity index (χ3v) is 5.22. The lowest BCUT2D eigenvalue weighted by molar-refractivity contribution is 0.219. The van der Waals surface area contributed by atoms with Crippen LogP contribution in [0.3, 0.4) is 0 Å². The smallest absolute Gasteiger partial charge is 0.247 e. The van der Waals surface area contributed by atoms with Gasteiger partial charge in [-0.2, -0.15) is 4.98 Å². The number of benzene rings is 2. The SMILES string of the molecule is C=CCSc1nnc2c(n1)O[C@H](c1cc(OC)ccc1OC)Nc1ccccc1-2. The zero-order valence-electron chi connectivity index (χ0n) is 16.1. The van der Waals surface area contributed by atoms with Gasteiger partial charge in [-0.3, -0.25) is 0 Å². The number of nitrogens with zero attached hydrogens (tertiary/aromatic N) is 3. The summed E-state index contributed by atoms with van der Waals surface area (Å²) < 4.78 is 17.2. The standard InChI is InChI=1S/C21H20N4O3S/c1-4-11-29-21-23-20-18(24-25-21)14-7-5-6-8-16(14)22-19(28-20)15-12-13(26-2)9-10-17(15)27-3/h4-10,12,19,22H,1,11H2,2-3H3/t19-/m1/s1. The Hall–Kier alpha value is -3.26. The van der Waals surface area contributed by atoms with Crippen LogP contribution in [0, 0.1) is 0 Å². The van der Waals surface area contributed by atoms with Gasteiger partial charge in [0, 0.05) is 17.0 Å². The molecule has 2 aromatic carbocycles. The van der Waals surface area contributed by atoms with Gasteiger partial charge in [0.2, 0.25) is 17.3 Å². The normalized spacial score (nSPS) is 14.5. The quantitative estimate of drug-likeness (QED) is 0.477. The molecule has 0 unspecified atom stereocenters. The van der Waals surface area contributed by atoms with Gasteiger partial charge in [0.05, 0.1) is 19.8 Å². The molecule has 0 spiro atoms. The Kier molecular flexibility index (Phi) is 5.53. The number of anilines is 1. The molecule has 2 heterocycles. The lowest BCUT2D eigenvalue weighted by Gasteiger charge is -2.21. The Balaban J connectivity index is 1.83. The van der Waals surface area contributed by atoms with E-state index in [0.717, 1.165) is 16.8 Å². The van der Waals surface area contributed by atoms with E-state index in [-0.39, 0.29) is 0 Å². The summed E-state index contributed by atoms with van der Waals surface area (Å²) in [5.74, 6) is 2.46. The summed E-state index contributed by atoms with van der Waals surface area (Å²) >= 11 is 1.44. The van der Waals surface area contributed by atoms with Crippen LogP contribution in [0.1, 0.15) is 11.8 Å². The summed E-state index contributed by atoms with van der Waals surface area (Å²) in [5, 5.41) is 12.6. The average Bonchev–Trinajstić information content (AvgIpc) is 2.93. The fraction of sp³-hybridized carbons (Fsp3) is 0.190. The lowest BCUT2D eigenvalue weighted by atomic mass is 10.1. The molecule has 29 heavy (non-hydrogen) atoms. The Morgan fingerprint density at radius 1 is 1.17 bits per heavy atom. The molecule has 0 saturated carbocycles. The summed E-state index contributed by atoms with van der Waals surface area (Å²) in [5.41, 5.74) is 3.10. The first-order valence-electron chi connectivity index (χ1n) is 8.96. The summed E-state index contributed by atoms with van der Waals surface area (Å²) in [4.78, 5) is 4.59. The highest BCUT2D eigenvalue weighted by Crippen LogP contribution is 2.41. The van der Waals surface area contributed by atoms with Crippen LogP contribution >= 0.6 is 11.8 Å². The number of para-hydroxylation sites is 1. The van der Waals surface area contributed by atoms with Crippen molar-refractivity contribution in [1.29, 1.82) is 0 Å². The molecule has 7 nitrogen and oxygen atoms in total. The minimum Gasteiger partial charge on any atom is -0.497 e. The fourth-order valence-corrected chi connectivity index (χ4v) is 3.54. The number of hydrogen-bond acceptors (Lipinski definition) is 8. The van der Waals surface area contributed by atoms with Gasteiger partial charge in [-0.05, 0) is 24.3 Å². The van der Waals surface area contributed by atoms with Crippen molar-refractivity contribution in [3.8, 4) is 28.6 Å². The van der Waals surface area contributed by atoms with Gasteiger partial charge in [0.15, 0.2) is 5.69 Å². The molecule has 1 aromatic heterocycles. The molecule has 3 aromatic rings. The molecule has 1 atom stereocenters. The highest BCUT2D eigenvalue weighted by molar-refractivity contribution is 7.99. The third-order valence-electron chi connectivity index (χ3n) is 4.38. The maximum Gasteiger partial charge on any atom is 0.247 e. The highest BCUT2D eigenvalue weighted by atomic mass is 32.2. The predicted octanol–water partition coefficient (Wildman–Crippen LogP) is 4.34. The molecule has 0 aliphatic carbocycles. The van der Waals surface area contributed by atoms with Gasteiger partial charge in [-0.1, -0.05) is 36.0 Å². The minimum absolute atomic E-state index is 0.402. The van der Waals surface area contributed by atoms with Crippen molar-refractivity contribution in [1.82, 2.24) is 15.2 Å². The van der Waals surface area contributed by atoms with E-state index >= 15 is 0 Å². The van der Waals surface area contributed by atoms with Crippen molar-refractivity contribution in [2.24, 2.45) is 0 Å². The van der Waals surface area contributed by atoms with Crippen LogP contribution in [0.25, 0.3) is 11.3 Å². The van der Waals surface area contributed by atoms with E-state index < -0.39 is 6.23 Å². The molecule has 0 saturated heterocycles. The number of methoxy groups -OCH3 is 2. The molecule has 0 bridgehead atoms. The summed E-state index contributed by atoms with van der Waals surface area (Å²) in [6.07, 6.45) is 1.23. The topological polar surface area (TPSA) is 78.4 Å². The maximum absolute atomic E-state index is 6.29. The predicted molar refractivity (Wildman–Crippen MR) is 113 cm³/mol. The largest absolute Gasteiger partial charge is 0.497 e. The average molecular weight is 408 g/mol. The number of ether oxygens (including phenoxy) is 3. The number of rotatable bonds is 6. The van der Waals surface area contributed by atoms with E-state index in [1.54, 1.807) is 20.3 Å². The second-order valence-electron chi connectivity index (χ2n) is 6.14. The highest BCUT2D eigenvalue weighted by Gasteiger charge is 2.28. The van der Waals surface area contributed by atoms with Crippen LogP contribution in [0.4, 0.5) is 5.69 Å². The van der Waals surface area contributed by atoms with E-state index in [1.807, 2.05) is 42.5 Å². The third kappa shape index (κ3) is 3.84. The van der Waals surface area contributed by atoms with Crippen molar-refractivity contribution < 1.29 is 14.2 Å². The van der Waals surface area contributed by atoms with Crippen molar-refractivity contribution in [3.05, 3.63) is 60.7 Å². The van der Waals surface area contributed by atoms with Gasteiger partial charge in [-0.25, -0.2) is 0 Å². The molecule has 1 aliphatic rings. The number of aromatic nitrogens is 3. The lowest BCUT2D eigenvalue weighted by Crippen LogP contribution is -2.18. The Morgan fingerprint density at radius 2 is 2.03 bits per heavy atom. The Bertz CT molecular complexity index is 1040. The van der Waals surface area contributed by atoms with Crippen LogP contribution in [-0.2, 0) is 0 Å². The van der Waals surface area contributed by atoms with Crippen LogP contribution in [0.2, 0.25) is 0 Å². The van der Waals surface area contributed by atoms with Gasteiger partial charge >= 0.3 is 0 Å². The van der Waals surface area contributed by atoms with Crippen molar-refractivity contribution in [2.45, 2.75) is 11.4 Å². The van der Waals surface area contributed by atoms with Gasteiger partial charge in [0.25, 0.3) is 0 Å². The van der Waals surface area contributed by atoms with Gasteiger partial charge in [-0.15, -0.1) is 16.8 Å². The molecule has 1 aliphatic heterocycles. The zero-order valence-corrected chi connectivity index (χ0v) is 16.9. The van der Waals surface area contributed by atoms with Crippen LogP contribution < -0.4 is 19.5 Å².